The molecule has 3 heterocycles. The molecule has 6 heteroatoms. The molecule has 4 rings (SSSR count). The van der Waals surface area contributed by atoms with Crippen LogP contribution in [0.2, 0.25) is 5.02 Å². The Bertz CT molecular complexity index is 970. The van der Waals surface area contributed by atoms with Crippen LogP contribution in [-0.4, -0.2) is 32.1 Å². The van der Waals surface area contributed by atoms with Gasteiger partial charge in [0.1, 0.15) is 0 Å². The maximum atomic E-state index is 13.2. The van der Waals surface area contributed by atoms with Crippen LogP contribution in [0.5, 0.6) is 0 Å². The van der Waals surface area contributed by atoms with Gasteiger partial charge in [0.05, 0.1) is 18.2 Å². The average molecular weight is 395 g/mol. The van der Waals surface area contributed by atoms with Crippen LogP contribution in [0.3, 0.4) is 0 Å². The lowest BCUT2D eigenvalue weighted by atomic mass is 9.94. The second-order valence-electron chi connectivity index (χ2n) is 7.24. The van der Waals surface area contributed by atoms with E-state index >= 15 is 0 Å². The fourth-order valence-electron chi connectivity index (χ4n) is 3.94. The Labute approximate surface area is 170 Å². The van der Waals surface area contributed by atoms with Gasteiger partial charge in [-0.2, -0.15) is 5.10 Å². The molecule has 2 aromatic heterocycles. The van der Waals surface area contributed by atoms with E-state index in [1.165, 1.54) is 0 Å². The zero-order chi connectivity index (χ0) is 19.5. The van der Waals surface area contributed by atoms with Gasteiger partial charge in [-0.3, -0.25) is 14.5 Å². The number of carbonyl (C=O) groups is 1. The summed E-state index contributed by atoms with van der Waals surface area (Å²) in [5.74, 6) is 0.123. The van der Waals surface area contributed by atoms with Gasteiger partial charge in [-0.15, -0.1) is 0 Å². The minimum atomic E-state index is -0.00944. The molecule has 0 aliphatic carbocycles. The molecule has 0 bridgehead atoms. The van der Waals surface area contributed by atoms with Crippen molar-refractivity contribution in [3.63, 3.8) is 0 Å². The van der Waals surface area contributed by atoms with Gasteiger partial charge in [-0.05, 0) is 54.7 Å². The molecule has 1 fully saturated rings. The molecular weight excluding hydrogens is 372 g/mol. The zero-order valence-electron chi connectivity index (χ0n) is 15.9. The maximum absolute atomic E-state index is 13.2. The summed E-state index contributed by atoms with van der Waals surface area (Å²) in [6, 6.07) is 11.5. The molecule has 0 radical (unpaired) electrons. The van der Waals surface area contributed by atoms with E-state index in [1.807, 2.05) is 59.2 Å². The summed E-state index contributed by atoms with van der Waals surface area (Å²) < 4.78 is 1.83. The van der Waals surface area contributed by atoms with Crippen LogP contribution in [0.1, 0.15) is 36.6 Å². The SMILES string of the molecule is Cn1cc(-c2ccncc2)c([C@@H]2CCCCN2C(=O)Cc2cccc(Cl)c2)n1. The minimum Gasteiger partial charge on any atom is -0.334 e. The third kappa shape index (κ3) is 3.94. The predicted molar refractivity (Wildman–Crippen MR) is 110 cm³/mol. The number of piperidine rings is 1. The lowest BCUT2D eigenvalue weighted by Crippen LogP contribution is -2.39. The molecule has 0 spiro atoms. The number of hydrogen-bond acceptors (Lipinski definition) is 3. The number of nitrogens with zero attached hydrogens (tertiary/aromatic N) is 4. The van der Waals surface area contributed by atoms with E-state index in [0.29, 0.717) is 11.4 Å². The first-order valence-corrected chi connectivity index (χ1v) is 9.97. The summed E-state index contributed by atoms with van der Waals surface area (Å²) in [5.41, 5.74) is 4.05. The molecule has 28 heavy (non-hydrogen) atoms. The Kier molecular flexibility index (Phi) is 5.44. The summed E-state index contributed by atoms with van der Waals surface area (Å²) in [6.45, 7) is 0.760. The number of carbonyl (C=O) groups excluding carboxylic acids is 1. The van der Waals surface area contributed by atoms with Crippen LogP contribution in [0, 0.1) is 0 Å². The molecule has 0 saturated carbocycles. The van der Waals surface area contributed by atoms with Crippen molar-refractivity contribution in [1.29, 1.82) is 0 Å². The van der Waals surface area contributed by atoms with Gasteiger partial charge in [0.25, 0.3) is 0 Å². The van der Waals surface area contributed by atoms with E-state index in [1.54, 1.807) is 12.4 Å². The monoisotopic (exact) mass is 394 g/mol. The quantitative estimate of drug-likeness (QED) is 0.657. The first-order chi connectivity index (χ1) is 13.6. The van der Waals surface area contributed by atoms with Crippen molar-refractivity contribution in [3.8, 4) is 11.1 Å². The third-order valence-electron chi connectivity index (χ3n) is 5.23. The van der Waals surface area contributed by atoms with Crippen molar-refractivity contribution in [1.82, 2.24) is 19.7 Å². The Morgan fingerprint density at radius 3 is 2.82 bits per heavy atom. The second-order valence-corrected chi connectivity index (χ2v) is 7.68. The molecule has 1 aliphatic rings. The smallest absolute Gasteiger partial charge is 0.227 e. The van der Waals surface area contributed by atoms with Gasteiger partial charge in [0.15, 0.2) is 0 Å². The number of halogens is 1. The largest absolute Gasteiger partial charge is 0.334 e. The van der Waals surface area contributed by atoms with Gasteiger partial charge in [0.2, 0.25) is 5.91 Å². The van der Waals surface area contributed by atoms with Crippen molar-refractivity contribution in [2.24, 2.45) is 7.05 Å². The lowest BCUT2D eigenvalue weighted by molar-refractivity contribution is -0.134. The van der Waals surface area contributed by atoms with Crippen LogP contribution in [-0.2, 0) is 18.3 Å². The van der Waals surface area contributed by atoms with Crippen LogP contribution in [0.25, 0.3) is 11.1 Å². The van der Waals surface area contributed by atoms with E-state index in [2.05, 4.69) is 4.98 Å². The molecule has 144 valence electrons. The van der Waals surface area contributed by atoms with Crippen LogP contribution >= 0.6 is 11.6 Å². The summed E-state index contributed by atoms with van der Waals surface area (Å²) in [7, 11) is 1.93. The number of rotatable bonds is 4. The number of pyridine rings is 1. The highest BCUT2D eigenvalue weighted by Crippen LogP contribution is 2.36. The van der Waals surface area contributed by atoms with Crippen molar-refractivity contribution in [2.45, 2.75) is 31.7 Å². The van der Waals surface area contributed by atoms with Crippen LogP contribution in [0.15, 0.2) is 55.0 Å². The number of amides is 1. The van der Waals surface area contributed by atoms with Crippen LogP contribution < -0.4 is 0 Å². The first-order valence-electron chi connectivity index (χ1n) is 9.59. The molecule has 1 saturated heterocycles. The number of benzene rings is 1. The molecule has 1 aromatic carbocycles. The maximum Gasteiger partial charge on any atom is 0.227 e. The van der Waals surface area contributed by atoms with Gasteiger partial charge < -0.3 is 4.90 Å². The van der Waals surface area contributed by atoms with Gasteiger partial charge in [-0.1, -0.05) is 23.7 Å². The molecule has 1 amide bonds. The topological polar surface area (TPSA) is 51.0 Å². The summed E-state index contributed by atoms with van der Waals surface area (Å²) in [5, 5.41) is 5.40. The Morgan fingerprint density at radius 2 is 2.04 bits per heavy atom. The van der Waals surface area contributed by atoms with Crippen molar-refractivity contribution >= 4 is 17.5 Å². The summed E-state index contributed by atoms with van der Waals surface area (Å²) in [6.07, 6.45) is 9.00. The standard InChI is InChI=1S/C22H23ClN4O/c1-26-15-19(17-8-10-24-11-9-17)22(25-26)20-7-2-3-12-27(20)21(28)14-16-5-4-6-18(23)13-16/h4-6,8-11,13,15,20H,2-3,7,12,14H2,1H3/t20-/m0/s1. The van der Waals surface area contributed by atoms with Gasteiger partial charge >= 0.3 is 0 Å². The number of hydrogen-bond donors (Lipinski definition) is 0. The second kappa shape index (κ2) is 8.15. The molecule has 5 nitrogen and oxygen atoms in total. The average Bonchev–Trinajstić information content (AvgIpc) is 3.10. The van der Waals surface area contributed by atoms with Crippen molar-refractivity contribution < 1.29 is 4.79 Å². The molecule has 0 unspecified atom stereocenters. The molecule has 1 aliphatic heterocycles. The highest BCUT2D eigenvalue weighted by atomic mass is 35.5. The van der Waals surface area contributed by atoms with Gasteiger partial charge in [-0.25, -0.2) is 0 Å². The number of aromatic nitrogens is 3. The normalized spacial score (nSPS) is 16.9. The molecular formula is C22H23ClN4O. The fourth-order valence-corrected chi connectivity index (χ4v) is 4.16. The fraction of sp³-hybridized carbons (Fsp3) is 0.318. The Morgan fingerprint density at radius 1 is 1.21 bits per heavy atom. The van der Waals surface area contributed by atoms with E-state index in [9.17, 15) is 4.79 Å². The highest BCUT2D eigenvalue weighted by molar-refractivity contribution is 6.30. The number of aryl methyl sites for hydroxylation is 1. The zero-order valence-corrected chi connectivity index (χ0v) is 16.6. The van der Waals surface area contributed by atoms with E-state index in [-0.39, 0.29) is 11.9 Å². The first kappa shape index (κ1) is 18.7. The third-order valence-corrected chi connectivity index (χ3v) is 5.47. The van der Waals surface area contributed by atoms with Crippen molar-refractivity contribution in [2.75, 3.05) is 6.54 Å². The summed E-state index contributed by atoms with van der Waals surface area (Å²) in [4.78, 5) is 19.3. The van der Waals surface area contributed by atoms with Crippen LogP contribution in [0.4, 0.5) is 0 Å². The summed E-state index contributed by atoms with van der Waals surface area (Å²) >= 11 is 6.09. The Balaban J connectivity index is 1.64. The number of likely N-dealkylation sites (tertiary alicyclic amines) is 1. The highest BCUT2D eigenvalue weighted by Gasteiger charge is 2.31. The predicted octanol–water partition coefficient (Wildman–Crippen LogP) is 4.43. The Hall–Kier alpha value is -2.66. The minimum absolute atomic E-state index is 0.00944. The van der Waals surface area contributed by atoms with Gasteiger partial charge in [0, 0.05) is 42.8 Å². The lowest BCUT2D eigenvalue weighted by Gasteiger charge is -2.35. The van der Waals surface area contributed by atoms with E-state index in [0.717, 1.165) is 48.2 Å². The molecule has 3 aromatic rings. The van der Waals surface area contributed by atoms with E-state index < -0.39 is 0 Å². The van der Waals surface area contributed by atoms with Crippen molar-refractivity contribution in [3.05, 3.63) is 71.3 Å². The van der Waals surface area contributed by atoms with E-state index in [4.69, 9.17) is 16.7 Å². The molecule has 0 N–H and O–H groups in total. The molecule has 1 atom stereocenters.